The molecule has 0 aliphatic carbocycles. The minimum atomic E-state index is 0.709. The number of unbranched alkanes of at least 4 members (excludes halogenated alkanes) is 3. The SMILES string of the molecule is CCCCc1c(C)n(CCCC)c2c(C#Cc3ccc(OCCCCc4cccc(Cl)c4C)cc3)cccc12. The van der Waals surface area contributed by atoms with Crippen LogP contribution in [0.15, 0.2) is 60.7 Å². The molecule has 0 unspecified atom stereocenters. The molecule has 0 saturated heterocycles. The standard InChI is InChI=1S/C36H42ClNO/c1-5-7-16-33-28(4)38(25-8-6-2)36-31(15-11-17-34(33)36)22-19-29-20-23-32(24-21-29)39-26-10-9-13-30-14-12-18-35(37)27(30)3/h11-12,14-15,17-18,20-21,23-24H,5-10,13,16,25-26H2,1-4H3. The molecule has 0 fully saturated rings. The number of para-hydroxylation sites is 1. The number of fused-ring (bicyclic) bond motifs is 1. The Hall–Kier alpha value is -3.15. The van der Waals surface area contributed by atoms with E-state index in [-0.39, 0.29) is 0 Å². The summed E-state index contributed by atoms with van der Waals surface area (Å²) in [6.07, 6.45) is 9.05. The molecule has 4 aromatic rings. The summed E-state index contributed by atoms with van der Waals surface area (Å²) in [6, 6.07) is 20.9. The highest BCUT2D eigenvalue weighted by Crippen LogP contribution is 2.30. The van der Waals surface area contributed by atoms with Crippen molar-refractivity contribution in [1.29, 1.82) is 0 Å². The minimum absolute atomic E-state index is 0.709. The van der Waals surface area contributed by atoms with Crippen LogP contribution in [-0.4, -0.2) is 11.2 Å². The normalized spacial score (nSPS) is 11.0. The van der Waals surface area contributed by atoms with Gasteiger partial charge in [-0.3, -0.25) is 0 Å². The molecule has 0 spiro atoms. The van der Waals surface area contributed by atoms with Gasteiger partial charge in [-0.25, -0.2) is 0 Å². The maximum Gasteiger partial charge on any atom is 0.119 e. The fourth-order valence-electron chi connectivity index (χ4n) is 5.27. The molecule has 0 radical (unpaired) electrons. The molecular weight excluding hydrogens is 498 g/mol. The minimum Gasteiger partial charge on any atom is -0.494 e. The second-order valence-electron chi connectivity index (χ2n) is 10.5. The van der Waals surface area contributed by atoms with Gasteiger partial charge in [0.1, 0.15) is 5.75 Å². The van der Waals surface area contributed by atoms with Crippen LogP contribution >= 0.6 is 11.6 Å². The number of aryl methyl sites for hydroxylation is 3. The number of aromatic nitrogens is 1. The van der Waals surface area contributed by atoms with Crippen LogP contribution < -0.4 is 4.74 Å². The number of hydrogen-bond donors (Lipinski definition) is 0. The Bertz CT molecular complexity index is 1440. The van der Waals surface area contributed by atoms with E-state index in [1.807, 2.05) is 24.3 Å². The lowest BCUT2D eigenvalue weighted by molar-refractivity contribution is 0.307. The molecule has 0 aliphatic rings. The first-order valence-electron chi connectivity index (χ1n) is 14.6. The topological polar surface area (TPSA) is 14.2 Å². The first-order chi connectivity index (χ1) is 19.0. The highest BCUT2D eigenvalue weighted by atomic mass is 35.5. The van der Waals surface area contributed by atoms with Crippen LogP contribution in [0.4, 0.5) is 0 Å². The molecule has 1 heterocycles. The van der Waals surface area contributed by atoms with Gasteiger partial charge in [0.25, 0.3) is 0 Å². The van der Waals surface area contributed by atoms with E-state index in [9.17, 15) is 0 Å². The zero-order valence-corrected chi connectivity index (χ0v) is 24.8. The number of nitrogens with zero attached hydrogens (tertiary/aromatic N) is 1. The van der Waals surface area contributed by atoms with Crippen LogP contribution in [0, 0.1) is 25.7 Å². The number of halogens is 1. The lowest BCUT2D eigenvalue weighted by Crippen LogP contribution is -2.02. The van der Waals surface area contributed by atoms with E-state index >= 15 is 0 Å². The Kier molecular flexibility index (Phi) is 10.6. The summed E-state index contributed by atoms with van der Waals surface area (Å²) in [7, 11) is 0. The number of rotatable bonds is 12. The third-order valence-corrected chi connectivity index (χ3v) is 8.08. The van der Waals surface area contributed by atoms with E-state index in [0.29, 0.717) is 6.61 Å². The molecule has 0 saturated carbocycles. The van der Waals surface area contributed by atoms with Crippen molar-refractivity contribution in [3.8, 4) is 17.6 Å². The predicted octanol–water partition coefficient (Wildman–Crippen LogP) is 9.86. The van der Waals surface area contributed by atoms with Crippen molar-refractivity contribution >= 4 is 22.5 Å². The third-order valence-electron chi connectivity index (χ3n) is 7.67. The Morgan fingerprint density at radius 1 is 0.795 bits per heavy atom. The molecule has 0 amide bonds. The van der Waals surface area contributed by atoms with E-state index in [0.717, 1.165) is 54.1 Å². The average molecular weight is 540 g/mol. The quantitative estimate of drug-likeness (QED) is 0.129. The fraction of sp³-hybridized carbons (Fsp3) is 0.389. The van der Waals surface area contributed by atoms with Crippen molar-refractivity contribution in [1.82, 2.24) is 4.57 Å². The van der Waals surface area contributed by atoms with Crippen molar-refractivity contribution < 1.29 is 4.74 Å². The lowest BCUT2D eigenvalue weighted by atomic mass is 10.0. The first kappa shape index (κ1) is 28.8. The maximum atomic E-state index is 6.24. The van der Waals surface area contributed by atoms with Crippen LogP contribution in [-0.2, 0) is 19.4 Å². The third kappa shape index (κ3) is 7.28. The second-order valence-corrected chi connectivity index (χ2v) is 10.9. The highest BCUT2D eigenvalue weighted by Gasteiger charge is 2.15. The van der Waals surface area contributed by atoms with Crippen LogP contribution in [0.1, 0.15) is 85.9 Å². The van der Waals surface area contributed by atoms with E-state index in [1.165, 1.54) is 59.0 Å². The molecule has 2 nitrogen and oxygen atoms in total. The summed E-state index contributed by atoms with van der Waals surface area (Å²) >= 11 is 6.24. The fourth-order valence-corrected chi connectivity index (χ4v) is 5.47. The van der Waals surface area contributed by atoms with Crippen molar-refractivity contribution in [2.45, 2.75) is 85.6 Å². The number of ether oxygens (including phenoxy) is 1. The van der Waals surface area contributed by atoms with Crippen molar-refractivity contribution in [2.75, 3.05) is 6.61 Å². The lowest BCUT2D eigenvalue weighted by Gasteiger charge is -2.09. The summed E-state index contributed by atoms with van der Waals surface area (Å²) < 4.78 is 8.51. The van der Waals surface area contributed by atoms with Gasteiger partial charge >= 0.3 is 0 Å². The molecule has 204 valence electrons. The largest absolute Gasteiger partial charge is 0.494 e. The van der Waals surface area contributed by atoms with Gasteiger partial charge in [-0.1, -0.05) is 74.4 Å². The predicted molar refractivity (Wildman–Crippen MR) is 167 cm³/mol. The molecule has 3 aromatic carbocycles. The van der Waals surface area contributed by atoms with Gasteiger partial charge in [0.15, 0.2) is 0 Å². The molecule has 0 bridgehead atoms. The van der Waals surface area contributed by atoms with Crippen molar-refractivity contribution in [2.24, 2.45) is 0 Å². The van der Waals surface area contributed by atoms with Crippen LogP contribution in [0.3, 0.4) is 0 Å². The summed E-state index contributed by atoms with van der Waals surface area (Å²) in [6.45, 7) is 10.7. The molecule has 3 heteroatoms. The van der Waals surface area contributed by atoms with Crippen LogP contribution in [0.5, 0.6) is 5.75 Å². The summed E-state index contributed by atoms with van der Waals surface area (Å²) in [5, 5.41) is 2.22. The van der Waals surface area contributed by atoms with Crippen molar-refractivity contribution in [3.05, 3.63) is 99.2 Å². The van der Waals surface area contributed by atoms with Gasteiger partial charge in [0.05, 0.1) is 12.1 Å². The smallest absolute Gasteiger partial charge is 0.119 e. The molecular formula is C36H42ClNO. The number of hydrogen-bond acceptors (Lipinski definition) is 1. The zero-order valence-electron chi connectivity index (χ0n) is 24.1. The highest BCUT2D eigenvalue weighted by molar-refractivity contribution is 6.31. The summed E-state index contributed by atoms with van der Waals surface area (Å²) in [5.74, 6) is 7.80. The molecule has 0 N–H and O–H groups in total. The van der Waals surface area contributed by atoms with Gasteiger partial charge in [0, 0.05) is 33.8 Å². The Balaban J connectivity index is 1.41. The van der Waals surface area contributed by atoms with Gasteiger partial charge in [-0.05, 0) is 105 Å². The van der Waals surface area contributed by atoms with E-state index in [2.05, 4.69) is 80.5 Å². The summed E-state index contributed by atoms with van der Waals surface area (Å²) in [5.41, 5.74) is 8.84. The van der Waals surface area contributed by atoms with Gasteiger partial charge in [0.2, 0.25) is 0 Å². The number of benzene rings is 3. The summed E-state index contributed by atoms with van der Waals surface area (Å²) in [4.78, 5) is 0. The zero-order chi connectivity index (χ0) is 27.6. The van der Waals surface area contributed by atoms with E-state index in [4.69, 9.17) is 16.3 Å². The van der Waals surface area contributed by atoms with Gasteiger partial charge in [-0.2, -0.15) is 0 Å². The van der Waals surface area contributed by atoms with Crippen LogP contribution in [0.2, 0.25) is 5.02 Å². The molecule has 0 aliphatic heterocycles. The van der Waals surface area contributed by atoms with Gasteiger partial charge in [-0.15, -0.1) is 0 Å². The second kappa shape index (κ2) is 14.3. The van der Waals surface area contributed by atoms with Crippen LogP contribution in [0.25, 0.3) is 10.9 Å². The Labute approximate surface area is 240 Å². The molecule has 0 atom stereocenters. The maximum absolute atomic E-state index is 6.24. The van der Waals surface area contributed by atoms with E-state index < -0.39 is 0 Å². The Morgan fingerprint density at radius 2 is 1.56 bits per heavy atom. The monoisotopic (exact) mass is 539 g/mol. The first-order valence-corrected chi connectivity index (χ1v) is 15.0. The van der Waals surface area contributed by atoms with Gasteiger partial charge < -0.3 is 9.30 Å². The molecule has 4 rings (SSSR count). The molecule has 1 aromatic heterocycles. The van der Waals surface area contributed by atoms with Crippen molar-refractivity contribution in [3.63, 3.8) is 0 Å². The molecule has 39 heavy (non-hydrogen) atoms. The Morgan fingerprint density at radius 3 is 2.33 bits per heavy atom. The van der Waals surface area contributed by atoms with E-state index in [1.54, 1.807) is 0 Å². The average Bonchev–Trinajstić information content (AvgIpc) is 3.22.